The molecule has 1 N–H and O–H groups in total. The van der Waals surface area contributed by atoms with E-state index < -0.39 is 0 Å². The molecule has 2 heterocycles. The summed E-state index contributed by atoms with van der Waals surface area (Å²) in [4.78, 5) is 4.34. The maximum Gasteiger partial charge on any atom is 0.101 e. The number of rotatable bonds is 1. The fourth-order valence-electron chi connectivity index (χ4n) is 2.59. The first kappa shape index (κ1) is 12.8. The van der Waals surface area contributed by atoms with Gasteiger partial charge in [0.2, 0.25) is 0 Å². The summed E-state index contributed by atoms with van der Waals surface area (Å²) in [6.45, 7) is 1.99. The number of para-hydroxylation sites is 1. The van der Waals surface area contributed by atoms with Gasteiger partial charge in [-0.3, -0.25) is 4.98 Å². The second-order valence-corrected chi connectivity index (χ2v) is 4.40. The topological polar surface area (TPSA) is 48.7 Å². The van der Waals surface area contributed by atoms with Crippen LogP contribution in [0.2, 0.25) is 0 Å². The Labute approximate surface area is 112 Å². The summed E-state index contributed by atoms with van der Waals surface area (Å²) in [5.74, 6) is 0.442. The van der Waals surface area contributed by atoms with Gasteiger partial charge in [-0.25, -0.2) is 0 Å². The van der Waals surface area contributed by atoms with Gasteiger partial charge >= 0.3 is 0 Å². The molecule has 1 aromatic carbocycles. The highest BCUT2D eigenvalue weighted by Gasteiger charge is 2.22. The van der Waals surface area contributed by atoms with Crippen molar-refractivity contribution in [2.45, 2.75) is 12.3 Å². The molecule has 92 valence electrons. The molecule has 1 saturated heterocycles. The van der Waals surface area contributed by atoms with Crippen molar-refractivity contribution in [2.75, 3.05) is 13.1 Å². The molecule has 0 amide bonds. The lowest BCUT2D eigenvalue weighted by Crippen LogP contribution is -2.09. The predicted molar refractivity (Wildman–Crippen MR) is 73.9 cm³/mol. The fraction of sp³-hybridized carbons (Fsp3) is 0.286. The third kappa shape index (κ3) is 2.05. The van der Waals surface area contributed by atoms with Crippen LogP contribution in [-0.4, -0.2) is 18.1 Å². The lowest BCUT2D eigenvalue weighted by molar-refractivity contribution is 0.766. The molecule has 0 saturated carbocycles. The quantitative estimate of drug-likeness (QED) is 0.856. The molecule has 2 aromatic rings. The first-order valence-electron chi connectivity index (χ1n) is 5.88. The van der Waals surface area contributed by atoms with Gasteiger partial charge in [-0.2, -0.15) is 5.26 Å². The number of nitriles is 1. The van der Waals surface area contributed by atoms with E-state index in [1.807, 2.05) is 18.2 Å². The van der Waals surface area contributed by atoms with Crippen molar-refractivity contribution in [3.63, 3.8) is 0 Å². The largest absolute Gasteiger partial charge is 0.316 e. The van der Waals surface area contributed by atoms with E-state index in [1.54, 1.807) is 6.20 Å². The van der Waals surface area contributed by atoms with E-state index in [1.165, 1.54) is 5.56 Å². The number of fused-ring (bicyclic) bond motifs is 1. The molecule has 0 radical (unpaired) electrons. The number of halogens is 1. The van der Waals surface area contributed by atoms with Crippen molar-refractivity contribution >= 4 is 23.3 Å². The van der Waals surface area contributed by atoms with E-state index in [2.05, 4.69) is 22.4 Å². The monoisotopic (exact) mass is 259 g/mol. The summed E-state index contributed by atoms with van der Waals surface area (Å²) < 4.78 is 0. The SMILES string of the molecule is Cl.N#Cc1cnc2ccccc2c1C1CCNC1. The predicted octanol–water partition coefficient (Wildman–Crippen LogP) is 2.61. The van der Waals surface area contributed by atoms with E-state index in [0.717, 1.165) is 36.0 Å². The van der Waals surface area contributed by atoms with Crippen LogP contribution in [0.3, 0.4) is 0 Å². The van der Waals surface area contributed by atoms with Gasteiger partial charge in [-0.05, 0) is 30.5 Å². The zero-order valence-corrected chi connectivity index (χ0v) is 10.7. The molecule has 1 atom stereocenters. The molecule has 3 nitrogen and oxygen atoms in total. The van der Waals surface area contributed by atoms with Crippen LogP contribution in [0.1, 0.15) is 23.5 Å². The van der Waals surface area contributed by atoms with E-state index in [-0.39, 0.29) is 12.4 Å². The zero-order chi connectivity index (χ0) is 11.7. The van der Waals surface area contributed by atoms with Crippen LogP contribution in [0, 0.1) is 11.3 Å². The summed E-state index contributed by atoms with van der Waals surface area (Å²) in [5, 5.41) is 13.7. The third-order valence-corrected chi connectivity index (χ3v) is 3.41. The fourth-order valence-corrected chi connectivity index (χ4v) is 2.59. The number of nitrogens with zero attached hydrogens (tertiary/aromatic N) is 2. The Balaban J connectivity index is 0.00000120. The molecule has 0 bridgehead atoms. The Bertz CT molecular complexity index is 598. The van der Waals surface area contributed by atoms with E-state index in [9.17, 15) is 5.26 Å². The maximum atomic E-state index is 9.23. The van der Waals surface area contributed by atoms with Crippen molar-refractivity contribution in [2.24, 2.45) is 0 Å². The van der Waals surface area contributed by atoms with Gasteiger partial charge in [-0.1, -0.05) is 18.2 Å². The molecule has 3 rings (SSSR count). The molecule has 0 aliphatic carbocycles. The van der Waals surface area contributed by atoms with E-state index in [0.29, 0.717) is 5.92 Å². The molecule has 0 spiro atoms. The zero-order valence-electron chi connectivity index (χ0n) is 9.89. The van der Waals surface area contributed by atoms with Crippen LogP contribution in [0.15, 0.2) is 30.5 Å². The van der Waals surface area contributed by atoms with Crippen LogP contribution in [0.25, 0.3) is 10.9 Å². The van der Waals surface area contributed by atoms with Crippen molar-refractivity contribution in [3.8, 4) is 6.07 Å². The second-order valence-electron chi connectivity index (χ2n) is 4.40. The van der Waals surface area contributed by atoms with Crippen molar-refractivity contribution < 1.29 is 0 Å². The Morgan fingerprint density at radius 2 is 2.17 bits per heavy atom. The smallest absolute Gasteiger partial charge is 0.101 e. The van der Waals surface area contributed by atoms with Gasteiger partial charge < -0.3 is 5.32 Å². The lowest BCUT2D eigenvalue weighted by atomic mass is 9.91. The number of hydrogen-bond donors (Lipinski definition) is 1. The Hall–Kier alpha value is -1.63. The standard InChI is InChI=1S/C14H13N3.ClH/c15-7-11-9-17-13-4-2-1-3-12(13)14(11)10-5-6-16-8-10;/h1-4,9-10,16H,5-6,8H2;1H. The van der Waals surface area contributed by atoms with E-state index >= 15 is 0 Å². The Morgan fingerprint density at radius 1 is 1.33 bits per heavy atom. The average molecular weight is 260 g/mol. The minimum Gasteiger partial charge on any atom is -0.316 e. The minimum atomic E-state index is 0. The first-order valence-corrected chi connectivity index (χ1v) is 5.88. The first-order chi connectivity index (χ1) is 8.40. The molecule has 1 fully saturated rings. The summed E-state index contributed by atoms with van der Waals surface area (Å²) in [7, 11) is 0. The molecular weight excluding hydrogens is 246 g/mol. The average Bonchev–Trinajstić information content (AvgIpc) is 2.91. The summed E-state index contributed by atoms with van der Waals surface area (Å²) in [6.07, 6.45) is 2.80. The van der Waals surface area contributed by atoms with Crippen LogP contribution in [0.4, 0.5) is 0 Å². The van der Waals surface area contributed by atoms with Gasteiger partial charge in [0.1, 0.15) is 6.07 Å². The van der Waals surface area contributed by atoms with Gasteiger partial charge in [0.15, 0.2) is 0 Å². The molecular formula is C14H14ClN3. The summed E-state index contributed by atoms with van der Waals surface area (Å²) in [5.41, 5.74) is 2.87. The molecule has 1 aliphatic rings. The second kappa shape index (κ2) is 5.34. The molecule has 18 heavy (non-hydrogen) atoms. The molecule has 4 heteroatoms. The van der Waals surface area contributed by atoms with Crippen molar-refractivity contribution in [1.29, 1.82) is 5.26 Å². The highest BCUT2D eigenvalue weighted by Crippen LogP contribution is 2.31. The molecule has 1 aromatic heterocycles. The number of aromatic nitrogens is 1. The van der Waals surface area contributed by atoms with Gasteiger partial charge in [0, 0.05) is 18.1 Å². The Kier molecular flexibility index (Phi) is 3.81. The highest BCUT2D eigenvalue weighted by atomic mass is 35.5. The molecule has 1 unspecified atom stereocenters. The van der Waals surface area contributed by atoms with Crippen LogP contribution >= 0.6 is 12.4 Å². The van der Waals surface area contributed by atoms with Crippen LogP contribution < -0.4 is 5.32 Å². The summed E-state index contributed by atoms with van der Waals surface area (Å²) in [6, 6.07) is 10.3. The number of benzene rings is 1. The highest BCUT2D eigenvalue weighted by molar-refractivity contribution is 5.85. The van der Waals surface area contributed by atoms with Gasteiger partial charge in [0.25, 0.3) is 0 Å². The normalized spacial score (nSPS) is 18.3. The number of hydrogen-bond acceptors (Lipinski definition) is 3. The van der Waals surface area contributed by atoms with E-state index in [4.69, 9.17) is 0 Å². The number of nitrogens with one attached hydrogen (secondary N) is 1. The molecule has 1 aliphatic heterocycles. The lowest BCUT2D eigenvalue weighted by Gasteiger charge is -2.13. The van der Waals surface area contributed by atoms with Crippen molar-refractivity contribution in [1.82, 2.24) is 10.3 Å². The van der Waals surface area contributed by atoms with Gasteiger partial charge in [-0.15, -0.1) is 12.4 Å². The maximum absolute atomic E-state index is 9.23. The van der Waals surface area contributed by atoms with Gasteiger partial charge in [0.05, 0.1) is 11.1 Å². The Morgan fingerprint density at radius 3 is 2.89 bits per heavy atom. The number of pyridine rings is 1. The summed E-state index contributed by atoms with van der Waals surface area (Å²) >= 11 is 0. The minimum absolute atomic E-state index is 0. The van der Waals surface area contributed by atoms with Crippen LogP contribution in [-0.2, 0) is 0 Å². The van der Waals surface area contributed by atoms with Crippen LogP contribution in [0.5, 0.6) is 0 Å². The van der Waals surface area contributed by atoms with Crippen molar-refractivity contribution in [3.05, 3.63) is 41.6 Å². The third-order valence-electron chi connectivity index (χ3n) is 3.41.